The lowest BCUT2D eigenvalue weighted by Crippen LogP contribution is -2.63. The quantitative estimate of drug-likeness (QED) is 0.549. The van der Waals surface area contributed by atoms with Crippen molar-refractivity contribution >= 4 is 30.1 Å². The molecular formula is C30H47ClF2N4O3. The van der Waals surface area contributed by atoms with E-state index in [2.05, 4.69) is 31.0 Å². The van der Waals surface area contributed by atoms with Gasteiger partial charge in [-0.2, -0.15) is 0 Å². The number of nitrogens with one attached hydrogen (secondary N) is 1. The Kier molecular flexibility index (Phi) is 10.8. The summed E-state index contributed by atoms with van der Waals surface area (Å²) in [6, 6.07) is 2.44. The van der Waals surface area contributed by atoms with Crippen molar-refractivity contribution in [2.75, 3.05) is 26.2 Å². The normalized spacial score (nSPS) is 24.9. The van der Waals surface area contributed by atoms with E-state index in [0.717, 1.165) is 6.07 Å². The van der Waals surface area contributed by atoms with Gasteiger partial charge in [-0.05, 0) is 58.1 Å². The van der Waals surface area contributed by atoms with Gasteiger partial charge in [-0.25, -0.2) is 8.78 Å². The van der Waals surface area contributed by atoms with Crippen molar-refractivity contribution in [3.8, 4) is 0 Å². The lowest BCUT2D eigenvalue weighted by Gasteiger charge is -2.46. The number of carbonyl (C=O) groups excluding carboxylic acids is 3. The van der Waals surface area contributed by atoms with Gasteiger partial charge in [0.25, 0.3) is 0 Å². The molecule has 3 amide bonds. The maximum Gasteiger partial charge on any atom is 0.245 e. The Hall–Kier alpha value is -2.26. The Labute approximate surface area is 244 Å². The summed E-state index contributed by atoms with van der Waals surface area (Å²) in [7, 11) is 0. The van der Waals surface area contributed by atoms with Crippen molar-refractivity contribution in [1.29, 1.82) is 0 Å². The average Bonchev–Trinajstić information content (AvgIpc) is 3.23. The monoisotopic (exact) mass is 584 g/mol. The second-order valence-corrected chi connectivity index (χ2v) is 13.7. The molecule has 0 saturated carbocycles. The first-order chi connectivity index (χ1) is 17.9. The topological polar surface area (TPSA) is 73.0 Å². The number of benzene rings is 1. The number of hydrogen-bond donors (Lipinski definition) is 1. The van der Waals surface area contributed by atoms with Crippen LogP contribution in [0.15, 0.2) is 18.2 Å². The molecule has 1 aromatic rings. The van der Waals surface area contributed by atoms with Crippen LogP contribution in [-0.4, -0.2) is 82.3 Å². The van der Waals surface area contributed by atoms with Gasteiger partial charge in [0.1, 0.15) is 17.7 Å². The zero-order valence-electron chi connectivity index (χ0n) is 25.4. The summed E-state index contributed by atoms with van der Waals surface area (Å²) in [5.41, 5.74) is -0.0301. The molecule has 2 fully saturated rings. The van der Waals surface area contributed by atoms with Crippen LogP contribution in [0, 0.1) is 23.0 Å². The number of amides is 3. The van der Waals surface area contributed by atoms with Gasteiger partial charge in [-0.15, -0.1) is 12.4 Å². The van der Waals surface area contributed by atoms with Crippen LogP contribution in [0.2, 0.25) is 0 Å². The molecule has 7 nitrogen and oxygen atoms in total. The molecule has 2 heterocycles. The van der Waals surface area contributed by atoms with Gasteiger partial charge in [0.15, 0.2) is 0 Å². The number of nitrogens with zero attached hydrogens (tertiary/aromatic N) is 3. The Morgan fingerprint density at radius 2 is 1.52 bits per heavy atom. The number of piperazine rings is 1. The Morgan fingerprint density at radius 1 is 0.950 bits per heavy atom. The van der Waals surface area contributed by atoms with Crippen molar-refractivity contribution in [3.05, 3.63) is 35.4 Å². The van der Waals surface area contributed by atoms with Gasteiger partial charge in [0.05, 0.1) is 5.92 Å². The molecule has 0 bridgehead atoms. The van der Waals surface area contributed by atoms with Gasteiger partial charge < -0.3 is 15.1 Å². The maximum absolute atomic E-state index is 14.9. The summed E-state index contributed by atoms with van der Waals surface area (Å²) in [4.78, 5) is 45.3. The summed E-state index contributed by atoms with van der Waals surface area (Å²) in [6.07, 6.45) is 0.501. The highest BCUT2D eigenvalue weighted by molar-refractivity contribution is 5.88. The average molecular weight is 585 g/mol. The molecule has 0 unspecified atom stereocenters. The van der Waals surface area contributed by atoms with Crippen LogP contribution in [0.4, 0.5) is 8.78 Å². The van der Waals surface area contributed by atoms with E-state index in [9.17, 15) is 23.2 Å². The molecule has 3 rings (SSSR count). The van der Waals surface area contributed by atoms with E-state index in [-0.39, 0.29) is 53.2 Å². The third kappa shape index (κ3) is 7.93. The molecule has 5 atom stereocenters. The van der Waals surface area contributed by atoms with Crippen molar-refractivity contribution in [1.82, 2.24) is 20.0 Å². The highest BCUT2D eigenvalue weighted by atomic mass is 35.5. The lowest BCUT2D eigenvalue weighted by atomic mass is 9.86. The van der Waals surface area contributed by atoms with Crippen molar-refractivity contribution in [2.45, 2.75) is 98.3 Å². The molecule has 1 N–H and O–H groups in total. The van der Waals surface area contributed by atoms with Crippen LogP contribution >= 0.6 is 12.4 Å². The van der Waals surface area contributed by atoms with Crippen LogP contribution in [0.25, 0.3) is 0 Å². The molecule has 0 aromatic heterocycles. The zero-order valence-corrected chi connectivity index (χ0v) is 26.2. The summed E-state index contributed by atoms with van der Waals surface area (Å²) in [5, 5.41) is 2.82. The van der Waals surface area contributed by atoms with Crippen LogP contribution in [-0.2, 0) is 14.4 Å². The fourth-order valence-electron chi connectivity index (χ4n) is 5.93. The van der Waals surface area contributed by atoms with E-state index >= 15 is 0 Å². The molecule has 2 saturated heterocycles. The Bertz CT molecular complexity index is 1090. The predicted molar refractivity (Wildman–Crippen MR) is 155 cm³/mol. The van der Waals surface area contributed by atoms with Crippen molar-refractivity contribution in [2.24, 2.45) is 11.3 Å². The third-order valence-corrected chi connectivity index (χ3v) is 7.99. The third-order valence-electron chi connectivity index (χ3n) is 7.99. The number of halogens is 3. The van der Waals surface area contributed by atoms with E-state index in [1.54, 1.807) is 4.90 Å². The first kappa shape index (κ1) is 33.9. The second-order valence-electron chi connectivity index (χ2n) is 13.7. The van der Waals surface area contributed by atoms with Crippen molar-refractivity contribution in [3.63, 3.8) is 0 Å². The highest BCUT2D eigenvalue weighted by Crippen LogP contribution is 2.39. The predicted octanol–water partition coefficient (Wildman–Crippen LogP) is 4.59. The molecular weight excluding hydrogens is 538 g/mol. The van der Waals surface area contributed by atoms with Gasteiger partial charge in [-0.1, -0.05) is 26.8 Å². The molecule has 40 heavy (non-hydrogen) atoms. The van der Waals surface area contributed by atoms with Crippen LogP contribution in [0.1, 0.15) is 80.2 Å². The van der Waals surface area contributed by atoms with Crippen LogP contribution < -0.4 is 5.32 Å². The fourth-order valence-corrected chi connectivity index (χ4v) is 5.93. The molecule has 10 heteroatoms. The number of carbonyl (C=O) groups is 3. The van der Waals surface area contributed by atoms with E-state index in [1.165, 1.54) is 19.1 Å². The van der Waals surface area contributed by atoms with E-state index in [0.29, 0.717) is 38.2 Å². The van der Waals surface area contributed by atoms with E-state index < -0.39 is 29.5 Å². The van der Waals surface area contributed by atoms with Gasteiger partial charge >= 0.3 is 0 Å². The molecule has 1 aromatic carbocycles. The number of likely N-dealkylation sites (tertiary alicyclic amines) is 1. The van der Waals surface area contributed by atoms with Gasteiger partial charge in [0.2, 0.25) is 17.7 Å². The minimum atomic E-state index is -0.642. The minimum Gasteiger partial charge on any atom is -0.345 e. The smallest absolute Gasteiger partial charge is 0.245 e. The summed E-state index contributed by atoms with van der Waals surface area (Å²) in [6.45, 7) is 19.2. The Balaban J connectivity index is 0.00000560. The first-order valence-corrected chi connectivity index (χ1v) is 14.0. The fraction of sp³-hybridized carbons (Fsp3) is 0.700. The molecule has 226 valence electrons. The summed E-state index contributed by atoms with van der Waals surface area (Å²) >= 11 is 0. The van der Waals surface area contributed by atoms with Crippen molar-refractivity contribution < 1.29 is 23.2 Å². The van der Waals surface area contributed by atoms with Crippen LogP contribution in [0.3, 0.4) is 0 Å². The van der Waals surface area contributed by atoms with E-state index in [1.807, 2.05) is 39.5 Å². The maximum atomic E-state index is 14.9. The molecule has 0 radical (unpaired) electrons. The molecule has 0 spiro atoms. The summed E-state index contributed by atoms with van der Waals surface area (Å²) < 4.78 is 28.6. The number of hydrogen-bond acceptors (Lipinski definition) is 4. The van der Waals surface area contributed by atoms with Crippen LogP contribution in [0.5, 0.6) is 0 Å². The summed E-state index contributed by atoms with van der Waals surface area (Å²) in [5.74, 6) is -2.64. The molecule has 2 aliphatic heterocycles. The van der Waals surface area contributed by atoms with E-state index in [4.69, 9.17) is 0 Å². The van der Waals surface area contributed by atoms with Gasteiger partial charge in [-0.3, -0.25) is 19.3 Å². The standard InChI is InChI=1S/C30H46F2N4O3.ClH/c1-18-15-36(28(39)26(33-20(3)37)13-29(4,5)6)19(2)14-35(18)27(38)24-17-34(30(7,8)9)16-23(24)22-11-10-21(31)12-25(22)32;/h10-12,18-19,23-24,26H,13-17H2,1-9H3,(H,33,37);1H/t18-,19+,23-,24+,26-;/m0./s1. The Morgan fingerprint density at radius 3 is 2.05 bits per heavy atom. The molecule has 0 aliphatic carbocycles. The second kappa shape index (κ2) is 12.7. The largest absolute Gasteiger partial charge is 0.345 e. The SMILES string of the molecule is CC(=O)N[C@@H](CC(C)(C)C)C(=O)N1C[C@H](C)N(C(=O)[C@@H]2CN(C(C)(C)C)C[C@H]2c2ccc(F)cc2F)C[C@H]1C.Cl. The number of rotatable bonds is 5. The van der Waals surface area contributed by atoms with Gasteiger partial charge in [0, 0.05) is 62.7 Å². The first-order valence-electron chi connectivity index (χ1n) is 14.0. The lowest BCUT2D eigenvalue weighted by molar-refractivity contribution is -0.150. The molecule has 2 aliphatic rings. The minimum absolute atomic E-state index is 0. The highest BCUT2D eigenvalue weighted by Gasteiger charge is 2.47. The zero-order chi connectivity index (χ0) is 29.4.